The summed E-state index contributed by atoms with van der Waals surface area (Å²) in [7, 11) is 0. The summed E-state index contributed by atoms with van der Waals surface area (Å²) in [4.78, 5) is 25.3. The number of hydrogen-bond acceptors (Lipinski definition) is 7. The number of aliphatic hydroxyl groups excluding tert-OH is 1. The van der Waals surface area contributed by atoms with Crippen LogP contribution in [0, 0.1) is 11.6 Å². The number of halogens is 2. The van der Waals surface area contributed by atoms with Crippen LogP contribution in [0.2, 0.25) is 0 Å². The predicted molar refractivity (Wildman–Crippen MR) is 118 cm³/mol. The maximum atomic E-state index is 14.3. The number of rotatable bonds is 6. The molecule has 0 bridgehead atoms. The van der Waals surface area contributed by atoms with Crippen LogP contribution in [-0.2, 0) is 11.3 Å². The number of nitrogens with one attached hydrogen (secondary N) is 2. The highest BCUT2D eigenvalue weighted by Gasteiger charge is 2.28. The van der Waals surface area contributed by atoms with E-state index in [1.807, 2.05) is 0 Å². The average molecular weight is 469 g/mol. The number of nitrogens with zero attached hydrogens (tertiary/aromatic N) is 5. The van der Waals surface area contributed by atoms with E-state index in [-0.39, 0.29) is 53.5 Å². The fraction of sp³-hybridized carbons (Fsp3) is 0.273. The van der Waals surface area contributed by atoms with Gasteiger partial charge in [0.2, 0.25) is 11.8 Å². The maximum absolute atomic E-state index is 14.3. The summed E-state index contributed by atoms with van der Waals surface area (Å²) < 4.78 is 30.1. The van der Waals surface area contributed by atoms with Gasteiger partial charge in [-0.15, -0.1) is 0 Å². The molecule has 4 aromatic rings. The smallest absolute Gasteiger partial charge is 0.244 e. The lowest BCUT2D eigenvalue weighted by Gasteiger charge is -2.22. The van der Waals surface area contributed by atoms with Crippen molar-refractivity contribution in [1.29, 1.82) is 0 Å². The van der Waals surface area contributed by atoms with Crippen LogP contribution in [0.25, 0.3) is 22.3 Å². The van der Waals surface area contributed by atoms with Crippen LogP contribution >= 0.6 is 0 Å². The van der Waals surface area contributed by atoms with Gasteiger partial charge >= 0.3 is 0 Å². The van der Waals surface area contributed by atoms with Gasteiger partial charge in [-0.2, -0.15) is 5.10 Å². The van der Waals surface area contributed by atoms with Crippen LogP contribution in [0.5, 0.6) is 5.88 Å². The van der Waals surface area contributed by atoms with E-state index in [9.17, 15) is 23.8 Å². The van der Waals surface area contributed by atoms with E-state index >= 15 is 0 Å². The summed E-state index contributed by atoms with van der Waals surface area (Å²) >= 11 is 0. The molecule has 10 nitrogen and oxygen atoms in total. The first kappa shape index (κ1) is 21.8. The second kappa shape index (κ2) is 8.71. The second-order valence-corrected chi connectivity index (χ2v) is 8.01. The Labute approximate surface area is 191 Å². The molecule has 1 unspecified atom stereocenters. The summed E-state index contributed by atoms with van der Waals surface area (Å²) in [6, 6.07) is 3.28. The van der Waals surface area contributed by atoms with Crippen molar-refractivity contribution in [3.63, 3.8) is 0 Å². The number of benzene rings is 1. The SMILES string of the molecule is O=C(Cn1cc(Nc2nc(-c3c(F)cccc3F)nc3c[nH]c(O)c23)cn1)N1CCCC1CO. The molecule has 5 rings (SSSR count). The van der Waals surface area contributed by atoms with Crippen LogP contribution in [0.3, 0.4) is 0 Å². The quantitative estimate of drug-likeness (QED) is 0.341. The van der Waals surface area contributed by atoms with Gasteiger partial charge in [-0.3, -0.25) is 9.48 Å². The average Bonchev–Trinajstić information content (AvgIpc) is 3.54. The summed E-state index contributed by atoms with van der Waals surface area (Å²) in [5.41, 5.74) is 0.297. The van der Waals surface area contributed by atoms with Crippen molar-refractivity contribution < 1.29 is 23.8 Å². The fourth-order valence-corrected chi connectivity index (χ4v) is 4.17. The summed E-state index contributed by atoms with van der Waals surface area (Å²) in [5, 5.41) is 27.1. The van der Waals surface area contributed by atoms with Crippen molar-refractivity contribution in [2.75, 3.05) is 18.5 Å². The normalized spacial score (nSPS) is 15.9. The standard InChI is InChI=1S/C22H21F2N7O3/c23-14-4-1-5-15(24)18(14)20-28-16-8-25-22(34)19(16)21(29-20)27-12-7-26-30(9-12)10-17(33)31-6-2-3-13(31)11-32/h1,4-5,7-9,13,25,32,34H,2-3,6,10-11H2,(H,27,28,29). The highest BCUT2D eigenvalue weighted by atomic mass is 19.1. The number of amides is 1. The molecule has 3 aromatic heterocycles. The van der Waals surface area contributed by atoms with Gasteiger partial charge in [-0.1, -0.05) is 6.07 Å². The van der Waals surface area contributed by atoms with Gasteiger partial charge in [0.25, 0.3) is 0 Å². The summed E-state index contributed by atoms with van der Waals surface area (Å²) in [6.07, 6.45) is 6.04. The first-order valence-corrected chi connectivity index (χ1v) is 10.7. The van der Waals surface area contributed by atoms with Gasteiger partial charge in [0.15, 0.2) is 5.82 Å². The van der Waals surface area contributed by atoms with Gasteiger partial charge in [0.05, 0.1) is 35.6 Å². The summed E-state index contributed by atoms with van der Waals surface area (Å²) in [6.45, 7) is 0.502. The zero-order valence-electron chi connectivity index (χ0n) is 17.9. The monoisotopic (exact) mass is 469 g/mol. The first-order valence-electron chi connectivity index (χ1n) is 10.7. The number of aromatic hydroxyl groups is 1. The van der Waals surface area contributed by atoms with Crippen LogP contribution in [-0.4, -0.2) is 64.9 Å². The van der Waals surface area contributed by atoms with E-state index in [2.05, 4.69) is 25.4 Å². The molecule has 0 aliphatic carbocycles. The topological polar surface area (TPSA) is 132 Å². The molecule has 1 aromatic carbocycles. The number of carbonyl (C=O) groups excluding carboxylic acids is 1. The Kier molecular flexibility index (Phi) is 5.57. The molecule has 0 radical (unpaired) electrons. The number of H-pyrrole nitrogens is 1. The Morgan fingerprint density at radius 3 is 2.82 bits per heavy atom. The number of aromatic amines is 1. The molecule has 1 fully saturated rings. The molecule has 1 saturated heterocycles. The largest absolute Gasteiger partial charge is 0.494 e. The van der Waals surface area contributed by atoms with E-state index in [0.717, 1.165) is 25.0 Å². The van der Waals surface area contributed by atoms with Gasteiger partial charge in [-0.25, -0.2) is 18.7 Å². The van der Waals surface area contributed by atoms with Crippen LogP contribution < -0.4 is 5.32 Å². The van der Waals surface area contributed by atoms with Crippen LogP contribution in [0.15, 0.2) is 36.8 Å². The van der Waals surface area contributed by atoms with Crippen molar-refractivity contribution in [1.82, 2.24) is 29.6 Å². The third-order valence-corrected chi connectivity index (χ3v) is 5.81. The molecule has 1 aliphatic rings. The van der Waals surface area contributed by atoms with Crippen LogP contribution in [0.4, 0.5) is 20.3 Å². The molecule has 1 amide bonds. The van der Waals surface area contributed by atoms with Crippen molar-refractivity contribution in [2.24, 2.45) is 0 Å². The van der Waals surface area contributed by atoms with Gasteiger partial charge in [-0.05, 0) is 25.0 Å². The zero-order valence-corrected chi connectivity index (χ0v) is 17.9. The summed E-state index contributed by atoms with van der Waals surface area (Å²) in [5.74, 6) is -2.11. The molecule has 1 aliphatic heterocycles. The minimum absolute atomic E-state index is 0.0154. The van der Waals surface area contributed by atoms with E-state index in [1.165, 1.54) is 23.1 Å². The highest BCUT2D eigenvalue weighted by Crippen LogP contribution is 2.34. The Bertz CT molecular complexity index is 1350. The molecule has 0 spiro atoms. The maximum Gasteiger partial charge on any atom is 0.244 e. The van der Waals surface area contributed by atoms with E-state index in [4.69, 9.17) is 0 Å². The Hall–Kier alpha value is -4.06. The van der Waals surface area contributed by atoms with Crippen molar-refractivity contribution in [3.05, 3.63) is 48.4 Å². The van der Waals surface area contributed by atoms with Crippen molar-refractivity contribution >= 4 is 28.3 Å². The van der Waals surface area contributed by atoms with Gasteiger partial charge < -0.3 is 25.4 Å². The molecular formula is C22H21F2N7O3. The number of likely N-dealkylation sites (tertiary alicyclic amines) is 1. The molecule has 4 heterocycles. The molecule has 12 heteroatoms. The minimum Gasteiger partial charge on any atom is -0.494 e. The Morgan fingerprint density at radius 2 is 2.06 bits per heavy atom. The number of carbonyl (C=O) groups is 1. The molecule has 1 atom stereocenters. The lowest BCUT2D eigenvalue weighted by molar-refractivity contribution is -0.133. The third kappa shape index (κ3) is 3.92. The number of aromatic nitrogens is 5. The van der Waals surface area contributed by atoms with Crippen molar-refractivity contribution in [2.45, 2.75) is 25.4 Å². The van der Waals surface area contributed by atoms with E-state index < -0.39 is 17.2 Å². The minimum atomic E-state index is -0.820. The van der Waals surface area contributed by atoms with Gasteiger partial charge in [0.1, 0.15) is 29.4 Å². The lowest BCUT2D eigenvalue weighted by Crippen LogP contribution is -2.39. The lowest BCUT2D eigenvalue weighted by atomic mass is 10.1. The second-order valence-electron chi connectivity index (χ2n) is 8.01. The third-order valence-electron chi connectivity index (χ3n) is 5.81. The molecule has 34 heavy (non-hydrogen) atoms. The molecular weight excluding hydrogens is 448 g/mol. The Balaban J connectivity index is 1.44. The number of hydrogen-bond donors (Lipinski definition) is 4. The number of anilines is 2. The molecule has 176 valence electrons. The zero-order chi connectivity index (χ0) is 23.8. The molecule has 4 N–H and O–H groups in total. The first-order chi connectivity index (χ1) is 16.4. The van der Waals surface area contributed by atoms with Crippen molar-refractivity contribution in [3.8, 4) is 17.3 Å². The fourth-order valence-electron chi connectivity index (χ4n) is 4.17. The Morgan fingerprint density at radius 1 is 1.26 bits per heavy atom. The highest BCUT2D eigenvalue weighted by molar-refractivity contribution is 5.96. The van der Waals surface area contributed by atoms with Crippen LogP contribution in [0.1, 0.15) is 12.8 Å². The number of fused-ring (bicyclic) bond motifs is 1. The molecule has 0 saturated carbocycles. The number of aliphatic hydroxyl groups is 1. The van der Waals surface area contributed by atoms with Gasteiger partial charge in [0, 0.05) is 18.9 Å². The van der Waals surface area contributed by atoms with E-state index in [1.54, 1.807) is 11.1 Å². The predicted octanol–water partition coefficient (Wildman–Crippen LogP) is 2.53. The van der Waals surface area contributed by atoms with E-state index in [0.29, 0.717) is 12.2 Å².